The number of nitrogens with zero attached hydrogens (tertiary/aromatic N) is 4. The first-order valence-corrected chi connectivity index (χ1v) is 12.8. The third kappa shape index (κ3) is 4.12. The predicted octanol–water partition coefficient (Wildman–Crippen LogP) is 4.85. The molecule has 0 saturated carbocycles. The number of amides is 2. The number of thiazole rings is 1. The van der Waals surface area contributed by atoms with Crippen molar-refractivity contribution in [3.05, 3.63) is 82.7 Å². The molecule has 35 heavy (non-hydrogen) atoms. The summed E-state index contributed by atoms with van der Waals surface area (Å²) in [6.07, 6.45) is 5.55. The minimum Gasteiger partial charge on any atom is -0.339 e. The van der Waals surface area contributed by atoms with Crippen LogP contribution in [0.3, 0.4) is 0 Å². The molecule has 0 spiro atoms. The van der Waals surface area contributed by atoms with Crippen LogP contribution in [0.15, 0.2) is 66.3 Å². The van der Waals surface area contributed by atoms with E-state index in [1.807, 2.05) is 50.2 Å². The third-order valence-corrected chi connectivity index (χ3v) is 8.11. The fourth-order valence-electron chi connectivity index (χ4n) is 5.30. The van der Waals surface area contributed by atoms with Crippen LogP contribution in [-0.2, 0) is 0 Å². The Morgan fingerprint density at radius 1 is 0.914 bits per heavy atom. The predicted molar refractivity (Wildman–Crippen MR) is 133 cm³/mol. The number of aromatic nitrogens is 2. The molecule has 8 heteroatoms. The molecule has 0 atom stereocenters. The van der Waals surface area contributed by atoms with Crippen LogP contribution in [-0.4, -0.2) is 57.3 Å². The molecule has 0 bridgehead atoms. The molecule has 2 saturated heterocycles. The number of carbonyl (C=O) groups excluding carboxylic acids is 2. The number of halogens is 1. The lowest BCUT2D eigenvalue weighted by molar-refractivity contribution is 0.0228. The van der Waals surface area contributed by atoms with Gasteiger partial charge in [0.05, 0.1) is 5.52 Å². The van der Waals surface area contributed by atoms with Crippen LogP contribution < -0.4 is 0 Å². The van der Waals surface area contributed by atoms with Crippen molar-refractivity contribution in [1.82, 2.24) is 19.4 Å². The van der Waals surface area contributed by atoms with Gasteiger partial charge in [-0.3, -0.25) is 9.59 Å². The van der Waals surface area contributed by atoms with E-state index in [2.05, 4.69) is 4.98 Å². The second-order valence-electron chi connectivity index (χ2n) is 9.37. The summed E-state index contributed by atoms with van der Waals surface area (Å²) in [5, 5.41) is 3.37. The molecule has 2 aliphatic heterocycles. The number of rotatable bonds is 4. The zero-order valence-corrected chi connectivity index (χ0v) is 20.0. The highest BCUT2D eigenvalue weighted by Crippen LogP contribution is 2.33. The Morgan fingerprint density at radius 3 is 2.40 bits per heavy atom. The SMILES string of the molecule is O=C(c1ccc2c(ccn2-c2ccc(F)cc2)c1)N1CCC(C2CN(C(=O)c3nccs3)C2)CC1. The molecule has 6 rings (SSSR count). The summed E-state index contributed by atoms with van der Waals surface area (Å²) in [7, 11) is 0. The maximum Gasteiger partial charge on any atom is 0.282 e. The van der Waals surface area contributed by atoms with Crippen LogP contribution in [0.5, 0.6) is 0 Å². The summed E-state index contributed by atoms with van der Waals surface area (Å²) >= 11 is 1.39. The first-order chi connectivity index (χ1) is 17.1. The Labute approximate surface area is 206 Å². The van der Waals surface area contributed by atoms with E-state index in [1.165, 1.54) is 23.5 Å². The molecule has 2 amide bonds. The Bertz CT molecular complexity index is 1370. The standard InChI is InChI=1S/C27H25FN4O2S/c28-22-2-4-23(5-3-22)32-13-9-19-15-20(1-6-24(19)32)26(33)30-11-7-18(8-12-30)21-16-31(17-21)27(34)25-29-10-14-35-25/h1-6,9-10,13-15,18,21H,7-8,11-12,16-17H2. The van der Waals surface area contributed by atoms with E-state index >= 15 is 0 Å². The van der Waals surface area contributed by atoms with E-state index in [9.17, 15) is 14.0 Å². The van der Waals surface area contributed by atoms with E-state index in [4.69, 9.17) is 0 Å². The van der Waals surface area contributed by atoms with Gasteiger partial charge in [-0.2, -0.15) is 0 Å². The van der Waals surface area contributed by atoms with E-state index in [1.54, 1.807) is 18.3 Å². The molecule has 2 fully saturated rings. The molecular weight excluding hydrogens is 463 g/mol. The Hall–Kier alpha value is -3.52. The summed E-state index contributed by atoms with van der Waals surface area (Å²) in [6, 6.07) is 14.1. The lowest BCUT2D eigenvalue weighted by Gasteiger charge is -2.45. The van der Waals surface area contributed by atoms with Crippen molar-refractivity contribution >= 4 is 34.1 Å². The number of piperidine rings is 1. The van der Waals surface area contributed by atoms with Gasteiger partial charge in [0, 0.05) is 60.6 Å². The van der Waals surface area contributed by atoms with Crippen LogP contribution >= 0.6 is 11.3 Å². The van der Waals surface area contributed by atoms with Crippen LogP contribution in [0.4, 0.5) is 4.39 Å². The van der Waals surface area contributed by atoms with Crippen LogP contribution in [0.25, 0.3) is 16.6 Å². The molecule has 6 nitrogen and oxygen atoms in total. The van der Waals surface area contributed by atoms with Gasteiger partial charge < -0.3 is 14.4 Å². The maximum absolute atomic E-state index is 13.3. The van der Waals surface area contributed by atoms with E-state index in [0.717, 1.165) is 55.6 Å². The lowest BCUT2D eigenvalue weighted by Crippen LogP contribution is -2.54. The number of benzene rings is 2. The number of fused-ring (bicyclic) bond motifs is 1. The number of hydrogen-bond acceptors (Lipinski definition) is 4. The highest BCUT2D eigenvalue weighted by Gasteiger charge is 2.38. The van der Waals surface area contributed by atoms with Crippen molar-refractivity contribution in [3.63, 3.8) is 0 Å². The molecule has 4 aromatic rings. The zero-order valence-electron chi connectivity index (χ0n) is 19.1. The summed E-state index contributed by atoms with van der Waals surface area (Å²) in [4.78, 5) is 33.6. The molecule has 2 aromatic heterocycles. The number of hydrogen-bond donors (Lipinski definition) is 0. The average Bonchev–Trinajstić information content (AvgIpc) is 3.54. The van der Waals surface area contributed by atoms with E-state index in [0.29, 0.717) is 22.4 Å². The van der Waals surface area contributed by atoms with Crippen LogP contribution in [0.1, 0.15) is 33.0 Å². The van der Waals surface area contributed by atoms with Crippen molar-refractivity contribution < 1.29 is 14.0 Å². The van der Waals surface area contributed by atoms with Gasteiger partial charge in [0.15, 0.2) is 5.01 Å². The molecule has 0 unspecified atom stereocenters. The van der Waals surface area contributed by atoms with E-state index < -0.39 is 0 Å². The van der Waals surface area contributed by atoms with Crippen molar-refractivity contribution in [2.45, 2.75) is 12.8 Å². The average molecular weight is 489 g/mol. The van der Waals surface area contributed by atoms with Gasteiger partial charge in [-0.05, 0) is 73.2 Å². The largest absolute Gasteiger partial charge is 0.339 e. The normalized spacial score (nSPS) is 17.1. The molecule has 2 aliphatic rings. The van der Waals surface area contributed by atoms with Gasteiger partial charge in [-0.1, -0.05) is 0 Å². The van der Waals surface area contributed by atoms with Gasteiger partial charge in [0.25, 0.3) is 11.8 Å². The van der Waals surface area contributed by atoms with Gasteiger partial charge in [-0.25, -0.2) is 9.37 Å². The zero-order chi connectivity index (χ0) is 23.9. The third-order valence-electron chi connectivity index (χ3n) is 7.35. The first kappa shape index (κ1) is 22.0. The Kier molecular flexibility index (Phi) is 5.60. The molecular formula is C27H25FN4O2S. The molecule has 0 N–H and O–H groups in total. The minimum atomic E-state index is -0.263. The van der Waals surface area contributed by atoms with Gasteiger partial charge in [-0.15, -0.1) is 11.3 Å². The number of carbonyl (C=O) groups is 2. The Balaban J connectivity index is 1.07. The molecule has 4 heterocycles. The van der Waals surface area contributed by atoms with Gasteiger partial charge >= 0.3 is 0 Å². The molecule has 178 valence electrons. The monoisotopic (exact) mass is 488 g/mol. The summed E-state index contributed by atoms with van der Waals surface area (Å²) in [5.74, 6) is 0.896. The van der Waals surface area contributed by atoms with Gasteiger partial charge in [0.2, 0.25) is 0 Å². The van der Waals surface area contributed by atoms with Crippen molar-refractivity contribution in [2.75, 3.05) is 26.2 Å². The topological polar surface area (TPSA) is 58.4 Å². The van der Waals surface area contributed by atoms with Crippen molar-refractivity contribution in [3.8, 4) is 5.69 Å². The highest BCUT2D eigenvalue weighted by molar-refractivity contribution is 7.11. The van der Waals surface area contributed by atoms with Crippen LogP contribution in [0, 0.1) is 17.7 Å². The molecule has 0 radical (unpaired) electrons. The highest BCUT2D eigenvalue weighted by atomic mass is 32.1. The fourth-order valence-corrected chi connectivity index (χ4v) is 5.90. The number of likely N-dealkylation sites (tertiary alicyclic amines) is 2. The van der Waals surface area contributed by atoms with Crippen molar-refractivity contribution in [1.29, 1.82) is 0 Å². The van der Waals surface area contributed by atoms with Crippen LogP contribution in [0.2, 0.25) is 0 Å². The summed E-state index contributed by atoms with van der Waals surface area (Å²) in [6.45, 7) is 3.07. The quantitative estimate of drug-likeness (QED) is 0.413. The molecule has 0 aliphatic carbocycles. The van der Waals surface area contributed by atoms with Gasteiger partial charge in [0.1, 0.15) is 5.82 Å². The maximum atomic E-state index is 13.3. The van der Waals surface area contributed by atoms with E-state index in [-0.39, 0.29) is 17.6 Å². The summed E-state index contributed by atoms with van der Waals surface area (Å²) < 4.78 is 15.3. The second kappa shape index (κ2) is 8.92. The molecule has 2 aromatic carbocycles. The minimum absolute atomic E-state index is 0.0347. The van der Waals surface area contributed by atoms with Crippen molar-refractivity contribution in [2.24, 2.45) is 11.8 Å². The second-order valence-corrected chi connectivity index (χ2v) is 10.3. The fraction of sp³-hybridized carbons (Fsp3) is 0.296. The summed E-state index contributed by atoms with van der Waals surface area (Å²) in [5.41, 5.74) is 2.55. The lowest BCUT2D eigenvalue weighted by atomic mass is 9.79. The smallest absolute Gasteiger partial charge is 0.282 e. The first-order valence-electron chi connectivity index (χ1n) is 11.9. The Morgan fingerprint density at radius 2 is 1.69 bits per heavy atom.